The molecule has 3 aromatic rings. The zero-order valence-electron chi connectivity index (χ0n) is 19.0. The van der Waals surface area contributed by atoms with Crippen LogP contribution in [0.5, 0.6) is 5.75 Å². The van der Waals surface area contributed by atoms with Crippen molar-refractivity contribution in [2.75, 3.05) is 11.5 Å². The zero-order valence-corrected chi connectivity index (χ0v) is 19.9. The third kappa shape index (κ3) is 4.44. The predicted molar refractivity (Wildman–Crippen MR) is 126 cm³/mol. The molecule has 0 radical (unpaired) electrons. The number of benzene rings is 2. The number of hydrogen-bond donors (Lipinski definition) is 1. The molecule has 8 nitrogen and oxygen atoms in total. The van der Waals surface area contributed by atoms with Crippen molar-refractivity contribution >= 4 is 26.8 Å². The highest BCUT2D eigenvalue weighted by Gasteiger charge is 2.39. The van der Waals surface area contributed by atoms with E-state index in [9.17, 15) is 26.8 Å². The van der Waals surface area contributed by atoms with E-state index in [0.29, 0.717) is 28.7 Å². The van der Waals surface area contributed by atoms with Crippen LogP contribution in [0.4, 0.5) is 8.78 Å². The Balaban J connectivity index is 1.57. The molecule has 1 aliphatic carbocycles. The summed E-state index contributed by atoms with van der Waals surface area (Å²) in [6.45, 7) is -1.28. The standard InChI is InChI=1S/C24H25F2N3O5S/c1-24(10-11-35(32,33)14-24)27-21(30)15-8-9-19-20(12-15)28(16-4-2-5-16)23(31)29(19)17-6-3-7-18(13-17)34-22(25)26/h3,6-9,12-13,16,22H,2,4-5,10-11,14H2,1H3,(H,27,30)/t24-/m1/s1. The van der Waals surface area contributed by atoms with Gasteiger partial charge >= 0.3 is 12.3 Å². The Kier molecular flexibility index (Phi) is 5.70. The number of aromatic nitrogens is 2. The van der Waals surface area contributed by atoms with Crippen LogP contribution in [0.15, 0.2) is 47.3 Å². The van der Waals surface area contributed by atoms with Crippen LogP contribution in [0, 0.1) is 0 Å². The molecule has 2 aliphatic rings. The highest BCUT2D eigenvalue weighted by molar-refractivity contribution is 7.91. The van der Waals surface area contributed by atoms with E-state index in [4.69, 9.17) is 0 Å². The van der Waals surface area contributed by atoms with Gasteiger partial charge in [0.05, 0.1) is 33.8 Å². The van der Waals surface area contributed by atoms with Gasteiger partial charge in [0.15, 0.2) is 9.84 Å². The molecular weight excluding hydrogens is 480 g/mol. The van der Waals surface area contributed by atoms with Crippen molar-refractivity contribution in [3.05, 3.63) is 58.5 Å². The number of ether oxygens (including phenoxy) is 1. The van der Waals surface area contributed by atoms with Gasteiger partial charge in [-0.05, 0) is 62.9 Å². The molecule has 2 aromatic carbocycles. The van der Waals surface area contributed by atoms with E-state index in [0.717, 1.165) is 19.3 Å². The normalized spacial score (nSPS) is 21.8. The smallest absolute Gasteiger partial charge is 0.387 e. The first-order valence-electron chi connectivity index (χ1n) is 11.4. The van der Waals surface area contributed by atoms with E-state index in [1.54, 1.807) is 35.8 Å². The first-order chi connectivity index (χ1) is 16.6. The first kappa shape index (κ1) is 23.5. The molecule has 2 fully saturated rings. The molecule has 1 aromatic heterocycles. The highest BCUT2D eigenvalue weighted by atomic mass is 32.2. The maximum Gasteiger partial charge on any atom is 0.387 e. The number of fused-ring (bicyclic) bond motifs is 1. The third-order valence-electron chi connectivity index (χ3n) is 6.79. The summed E-state index contributed by atoms with van der Waals surface area (Å²) in [5, 5.41) is 2.85. The molecule has 35 heavy (non-hydrogen) atoms. The summed E-state index contributed by atoms with van der Waals surface area (Å²) >= 11 is 0. The quantitative estimate of drug-likeness (QED) is 0.554. The van der Waals surface area contributed by atoms with E-state index in [1.807, 2.05) is 0 Å². The number of carbonyl (C=O) groups excluding carboxylic acids is 1. The Morgan fingerprint density at radius 3 is 2.57 bits per heavy atom. The number of imidazole rings is 1. The number of amides is 1. The van der Waals surface area contributed by atoms with Gasteiger partial charge in [-0.25, -0.2) is 13.2 Å². The van der Waals surface area contributed by atoms with E-state index in [2.05, 4.69) is 10.1 Å². The minimum atomic E-state index is -3.19. The van der Waals surface area contributed by atoms with Crippen LogP contribution >= 0.6 is 0 Å². The Hall–Kier alpha value is -3.21. The number of nitrogens with one attached hydrogen (secondary N) is 1. The fourth-order valence-electron chi connectivity index (χ4n) is 4.86. The van der Waals surface area contributed by atoms with E-state index in [1.165, 1.54) is 22.8 Å². The molecule has 1 atom stereocenters. The van der Waals surface area contributed by atoms with Crippen molar-refractivity contribution in [2.24, 2.45) is 0 Å². The molecular formula is C24H25F2N3O5S. The number of alkyl halides is 2. The van der Waals surface area contributed by atoms with Crippen LogP contribution in [0.1, 0.15) is 49.0 Å². The Morgan fingerprint density at radius 1 is 1.17 bits per heavy atom. The number of nitrogens with zero attached hydrogens (tertiary/aromatic N) is 2. The maximum absolute atomic E-state index is 13.5. The van der Waals surface area contributed by atoms with Gasteiger partial charge in [-0.2, -0.15) is 8.78 Å². The molecule has 5 rings (SSSR count). The molecule has 11 heteroatoms. The summed E-state index contributed by atoms with van der Waals surface area (Å²) in [6.07, 6.45) is 2.96. The van der Waals surface area contributed by atoms with Gasteiger partial charge in [0, 0.05) is 17.7 Å². The predicted octanol–water partition coefficient (Wildman–Crippen LogP) is 3.43. The van der Waals surface area contributed by atoms with Gasteiger partial charge in [-0.3, -0.25) is 13.9 Å². The third-order valence-corrected chi connectivity index (χ3v) is 8.70. The molecule has 1 aliphatic heterocycles. The molecule has 0 unspecified atom stereocenters. The second kappa shape index (κ2) is 8.47. The maximum atomic E-state index is 13.5. The molecule has 186 valence electrons. The van der Waals surface area contributed by atoms with Gasteiger partial charge in [0.2, 0.25) is 0 Å². The lowest BCUT2D eigenvalue weighted by Gasteiger charge is -2.27. The number of halogens is 2. The Morgan fingerprint density at radius 2 is 1.94 bits per heavy atom. The summed E-state index contributed by atoms with van der Waals surface area (Å²) in [4.78, 5) is 26.6. The lowest BCUT2D eigenvalue weighted by atomic mass is 9.93. The van der Waals surface area contributed by atoms with E-state index in [-0.39, 0.29) is 29.0 Å². The summed E-state index contributed by atoms with van der Waals surface area (Å²) in [6, 6.07) is 10.8. The number of carbonyl (C=O) groups is 1. The largest absolute Gasteiger partial charge is 0.435 e. The zero-order chi connectivity index (χ0) is 25.0. The molecule has 1 amide bonds. The fourth-order valence-corrected chi connectivity index (χ4v) is 6.96. The van der Waals surface area contributed by atoms with Crippen LogP contribution in [0.2, 0.25) is 0 Å². The summed E-state index contributed by atoms with van der Waals surface area (Å²) in [5.41, 5.74) is 0.583. The fraction of sp³-hybridized carbons (Fsp3) is 0.417. The topological polar surface area (TPSA) is 99.4 Å². The van der Waals surface area contributed by atoms with Crippen LogP contribution < -0.4 is 15.7 Å². The van der Waals surface area contributed by atoms with Crippen molar-refractivity contribution in [3.8, 4) is 11.4 Å². The lowest BCUT2D eigenvalue weighted by Crippen LogP contribution is -2.46. The summed E-state index contributed by atoms with van der Waals surface area (Å²) < 4.78 is 56.8. The van der Waals surface area contributed by atoms with Gasteiger partial charge in [0.25, 0.3) is 5.91 Å². The monoisotopic (exact) mass is 505 g/mol. The number of hydrogen-bond acceptors (Lipinski definition) is 5. The average Bonchev–Trinajstić information content (AvgIpc) is 3.18. The SMILES string of the molecule is C[C@@]1(NC(=O)c2ccc3c(c2)n(C2CCC2)c(=O)n3-c2cccc(OC(F)F)c2)CCS(=O)(=O)C1. The van der Waals surface area contributed by atoms with Crippen LogP contribution in [-0.4, -0.2) is 47.1 Å². The highest BCUT2D eigenvalue weighted by Crippen LogP contribution is 2.34. The minimum absolute atomic E-state index is 0.0254. The van der Waals surface area contributed by atoms with Crippen molar-refractivity contribution in [3.63, 3.8) is 0 Å². The van der Waals surface area contributed by atoms with Gasteiger partial charge in [0.1, 0.15) is 5.75 Å². The summed E-state index contributed by atoms with van der Waals surface area (Å²) in [5.74, 6) is -0.570. The van der Waals surface area contributed by atoms with Gasteiger partial charge < -0.3 is 10.1 Å². The van der Waals surface area contributed by atoms with Crippen LogP contribution in [-0.2, 0) is 9.84 Å². The van der Waals surface area contributed by atoms with Crippen molar-refractivity contribution in [1.82, 2.24) is 14.5 Å². The number of sulfone groups is 1. The van der Waals surface area contributed by atoms with Crippen molar-refractivity contribution in [1.29, 1.82) is 0 Å². The second-order valence-corrected chi connectivity index (χ2v) is 11.7. The van der Waals surface area contributed by atoms with Crippen LogP contribution in [0.3, 0.4) is 0 Å². The van der Waals surface area contributed by atoms with Crippen molar-refractivity contribution in [2.45, 2.75) is 50.8 Å². The number of rotatable bonds is 6. The molecule has 0 spiro atoms. The summed E-state index contributed by atoms with van der Waals surface area (Å²) in [7, 11) is -3.19. The average molecular weight is 506 g/mol. The molecule has 1 saturated heterocycles. The second-order valence-electron chi connectivity index (χ2n) is 9.51. The molecule has 0 bridgehead atoms. The Labute approximate surface area is 200 Å². The van der Waals surface area contributed by atoms with Crippen molar-refractivity contribution < 1.29 is 26.7 Å². The van der Waals surface area contributed by atoms with Gasteiger partial charge in [-0.1, -0.05) is 6.07 Å². The van der Waals surface area contributed by atoms with Gasteiger partial charge in [-0.15, -0.1) is 0 Å². The minimum Gasteiger partial charge on any atom is -0.435 e. The molecule has 1 N–H and O–H groups in total. The van der Waals surface area contributed by atoms with Crippen LogP contribution in [0.25, 0.3) is 16.7 Å². The Bertz CT molecular complexity index is 1480. The van der Waals surface area contributed by atoms with E-state index < -0.39 is 27.9 Å². The first-order valence-corrected chi connectivity index (χ1v) is 13.2. The lowest BCUT2D eigenvalue weighted by molar-refractivity contribution is -0.0498. The molecule has 2 heterocycles. The molecule has 1 saturated carbocycles. The van der Waals surface area contributed by atoms with E-state index >= 15 is 0 Å².